The van der Waals surface area contributed by atoms with Gasteiger partial charge in [0, 0.05) is 45.3 Å². The molecule has 0 unspecified atom stereocenters. The van der Waals surface area contributed by atoms with E-state index >= 15 is 0 Å². The maximum absolute atomic E-state index is 11.8. The van der Waals surface area contributed by atoms with Gasteiger partial charge in [-0.05, 0) is 53.9 Å². The number of piperidine rings is 1. The number of nitroso groups, excluding NO2 is 1. The van der Waals surface area contributed by atoms with Crippen LogP contribution in [0.1, 0.15) is 23.5 Å². The van der Waals surface area contributed by atoms with Crippen molar-refractivity contribution in [3.05, 3.63) is 82.8 Å². The average molecular weight is 548 g/mol. The first-order valence-electron chi connectivity index (χ1n) is 13.7. The molecule has 0 spiro atoms. The predicted molar refractivity (Wildman–Crippen MR) is 154 cm³/mol. The zero-order valence-electron chi connectivity index (χ0n) is 23.1. The largest absolute Gasteiger partial charge is 0.497 e. The maximum atomic E-state index is 11.8. The highest BCUT2D eigenvalue weighted by Crippen LogP contribution is 2.35. The Balaban J connectivity index is 1.27. The van der Waals surface area contributed by atoms with Crippen molar-refractivity contribution in [2.75, 3.05) is 58.5 Å². The van der Waals surface area contributed by atoms with Crippen molar-refractivity contribution in [1.29, 1.82) is 0 Å². The Bertz CT molecular complexity index is 1250. The van der Waals surface area contributed by atoms with E-state index in [0.29, 0.717) is 37.8 Å². The number of methoxy groups -OCH3 is 2. The maximum Gasteiger partial charge on any atom is 0.142 e. The van der Waals surface area contributed by atoms with Gasteiger partial charge in [0.15, 0.2) is 0 Å². The van der Waals surface area contributed by atoms with Crippen LogP contribution in [-0.2, 0) is 16.1 Å². The number of fused-ring (bicyclic) bond motifs is 1. The van der Waals surface area contributed by atoms with Crippen LogP contribution in [0.15, 0.2) is 71.9 Å². The topological polar surface area (TPSA) is 90.9 Å². The molecule has 0 bridgehead atoms. The second-order valence-corrected chi connectivity index (χ2v) is 10.0. The van der Waals surface area contributed by atoms with Crippen LogP contribution in [0, 0.1) is 4.91 Å². The van der Waals surface area contributed by atoms with Crippen molar-refractivity contribution >= 4 is 5.69 Å². The van der Waals surface area contributed by atoms with Gasteiger partial charge < -0.3 is 33.9 Å². The van der Waals surface area contributed by atoms with Crippen molar-refractivity contribution in [2.24, 2.45) is 5.18 Å². The summed E-state index contributed by atoms with van der Waals surface area (Å²) in [4.78, 5) is 14.2. The molecule has 1 N–H and O–H groups in total. The van der Waals surface area contributed by atoms with Gasteiger partial charge in [0.1, 0.15) is 35.6 Å². The van der Waals surface area contributed by atoms with Crippen LogP contribution in [-0.4, -0.2) is 65.8 Å². The fourth-order valence-corrected chi connectivity index (χ4v) is 5.38. The average Bonchev–Trinajstić information content (AvgIpc) is 3.00. The fourth-order valence-electron chi connectivity index (χ4n) is 5.38. The summed E-state index contributed by atoms with van der Waals surface area (Å²) < 4.78 is 28.9. The Hall–Kier alpha value is -3.66. The quantitative estimate of drug-likeness (QED) is 0.247. The molecule has 0 saturated carbocycles. The highest BCUT2D eigenvalue weighted by atomic mass is 16.5. The summed E-state index contributed by atoms with van der Waals surface area (Å²) >= 11 is 0. The van der Waals surface area contributed by atoms with Crippen molar-refractivity contribution in [1.82, 2.24) is 5.32 Å². The second kappa shape index (κ2) is 13.6. The molecular weight excluding hydrogens is 510 g/mol. The Morgan fingerprint density at radius 3 is 2.65 bits per heavy atom. The molecule has 0 amide bonds. The van der Waals surface area contributed by atoms with E-state index in [-0.39, 0.29) is 12.0 Å². The number of hydrogen-bond donors (Lipinski definition) is 1. The lowest BCUT2D eigenvalue weighted by Gasteiger charge is -2.36. The molecule has 5 rings (SSSR count). The van der Waals surface area contributed by atoms with E-state index in [2.05, 4.69) is 21.5 Å². The molecule has 9 heteroatoms. The Kier molecular flexibility index (Phi) is 9.49. The molecule has 2 heterocycles. The lowest BCUT2D eigenvalue weighted by atomic mass is 9.84. The Labute approximate surface area is 235 Å². The number of nitrogens with one attached hydrogen (secondary N) is 1. The first kappa shape index (κ1) is 27.9. The van der Waals surface area contributed by atoms with Crippen molar-refractivity contribution in [2.45, 2.75) is 31.1 Å². The van der Waals surface area contributed by atoms with Gasteiger partial charge in [-0.3, -0.25) is 0 Å². The summed E-state index contributed by atoms with van der Waals surface area (Å²) in [5.41, 5.74) is 3.14. The van der Waals surface area contributed by atoms with Crippen LogP contribution in [0.3, 0.4) is 0 Å². The molecular formula is C31H37N3O6. The third-order valence-corrected chi connectivity index (χ3v) is 7.41. The minimum Gasteiger partial charge on any atom is -0.497 e. The molecule has 3 atom stereocenters. The zero-order valence-corrected chi connectivity index (χ0v) is 23.1. The molecule has 0 aliphatic carbocycles. The summed E-state index contributed by atoms with van der Waals surface area (Å²) in [7, 11) is 3.35. The van der Waals surface area contributed by atoms with Gasteiger partial charge in [0.05, 0.1) is 32.1 Å². The molecule has 212 valence electrons. The molecule has 2 aliphatic heterocycles. The van der Waals surface area contributed by atoms with Gasteiger partial charge in [-0.1, -0.05) is 29.4 Å². The molecule has 1 fully saturated rings. The van der Waals surface area contributed by atoms with Gasteiger partial charge in [-0.25, -0.2) is 0 Å². The van der Waals surface area contributed by atoms with Crippen LogP contribution in [0.25, 0.3) is 0 Å². The molecule has 9 nitrogen and oxygen atoms in total. The zero-order chi connectivity index (χ0) is 27.7. The molecule has 40 heavy (non-hydrogen) atoms. The fraction of sp³-hybridized carbons (Fsp3) is 0.419. The lowest BCUT2D eigenvalue weighted by molar-refractivity contribution is 0.00539. The van der Waals surface area contributed by atoms with Gasteiger partial charge in [-0.2, -0.15) is 4.91 Å². The highest BCUT2D eigenvalue weighted by Gasteiger charge is 2.36. The molecule has 2 aliphatic rings. The van der Waals surface area contributed by atoms with E-state index < -0.39 is 6.04 Å². The number of hydrogen-bond acceptors (Lipinski definition) is 9. The summed E-state index contributed by atoms with van der Waals surface area (Å²) in [6, 6.07) is 21.1. The highest BCUT2D eigenvalue weighted by molar-refractivity contribution is 5.61. The van der Waals surface area contributed by atoms with E-state index in [0.717, 1.165) is 54.4 Å². The summed E-state index contributed by atoms with van der Waals surface area (Å²) in [6.45, 7) is 4.73. The van der Waals surface area contributed by atoms with Crippen LogP contribution < -0.4 is 24.4 Å². The van der Waals surface area contributed by atoms with E-state index in [1.807, 2.05) is 60.7 Å². The van der Waals surface area contributed by atoms with Gasteiger partial charge in [0.25, 0.3) is 0 Å². The standard InChI is InChI=1S/C31H37N3O6/c1-36-15-4-13-34-14-16-38-29-12-7-22(17-28(29)34)21-39-30-20-32-19-27(33-35)31(30)23-8-10-24(11-9-23)40-26-6-3-5-25(18-26)37-2/h3,5-12,17-18,27,30-32H,4,13-16,19-21H2,1-2H3/t27-,30+,31+/m1/s1. The number of anilines is 1. The normalized spacial score (nSPS) is 20.4. The van der Waals surface area contributed by atoms with Crippen LogP contribution in [0.4, 0.5) is 5.69 Å². The van der Waals surface area contributed by atoms with E-state index in [9.17, 15) is 4.91 Å². The monoisotopic (exact) mass is 547 g/mol. The van der Waals surface area contributed by atoms with Crippen molar-refractivity contribution in [3.63, 3.8) is 0 Å². The van der Waals surface area contributed by atoms with Gasteiger partial charge in [0.2, 0.25) is 0 Å². The Morgan fingerprint density at radius 1 is 1.00 bits per heavy atom. The number of ether oxygens (including phenoxy) is 5. The number of benzene rings is 3. The van der Waals surface area contributed by atoms with Crippen LogP contribution in [0.5, 0.6) is 23.0 Å². The lowest BCUT2D eigenvalue weighted by Crippen LogP contribution is -2.48. The first-order valence-corrected chi connectivity index (χ1v) is 13.7. The van der Waals surface area contributed by atoms with E-state index in [4.69, 9.17) is 23.7 Å². The summed E-state index contributed by atoms with van der Waals surface area (Å²) in [5.74, 6) is 2.84. The van der Waals surface area contributed by atoms with Crippen molar-refractivity contribution in [3.8, 4) is 23.0 Å². The molecule has 1 saturated heterocycles. The number of nitrogens with zero attached hydrogens (tertiary/aromatic N) is 2. The Morgan fingerprint density at radius 2 is 1.85 bits per heavy atom. The van der Waals surface area contributed by atoms with Crippen LogP contribution in [0.2, 0.25) is 0 Å². The number of rotatable bonds is 12. The van der Waals surface area contributed by atoms with Gasteiger partial charge >= 0.3 is 0 Å². The summed E-state index contributed by atoms with van der Waals surface area (Å²) in [5, 5.41) is 6.77. The van der Waals surface area contributed by atoms with Crippen LogP contribution >= 0.6 is 0 Å². The second-order valence-electron chi connectivity index (χ2n) is 10.0. The third kappa shape index (κ3) is 6.72. The first-order chi connectivity index (χ1) is 19.7. The smallest absolute Gasteiger partial charge is 0.142 e. The third-order valence-electron chi connectivity index (χ3n) is 7.41. The SMILES string of the molecule is COCCCN1CCOc2ccc(CO[C@H]3CNC[C@@H](N=O)[C@@H]3c3ccc(Oc4cccc(OC)c4)cc3)cc21. The molecule has 0 aromatic heterocycles. The molecule has 3 aromatic rings. The minimum atomic E-state index is -0.433. The van der Waals surface area contributed by atoms with E-state index in [1.54, 1.807) is 14.2 Å². The van der Waals surface area contributed by atoms with Gasteiger partial charge in [-0.15, -0.1) is 0 Å². The predicted octanol–water partition coefficient (Wildman–Crippen LogP) is 5.13. The molecule has 0 radical (unpaired) electrons. The summed E-state index contributed by atoms with van der Waals surface area (Å²) in [6.07, 6.45) is 0.738. The van der Waals surface area contributed by atoms with Crippen molar-refractivity contribution < 1.29 is 23.7 Å². The van der Waals surface area contributed by atoms with E-state index in [1.165, 1.54) is 0 Å². The minimum absolute atomic E-state index is 0.170. The molecule has 3 aromatic carbocycles.